The maximum Gasteiger partial charge on any atom is 0.244 e. The zero-order valence-electron chi connectivity index (χ0n) is 19.6. The van der Waals surface area contributed by atoms with Crippen molar-refractivity contribution in [1.82, 2.24) is 19.9 Å². The Bertz CT molecular complexity index is 1160. The topological polar surface area (TPSA) is 93.0 Å². The number of halogens is 1. The van der Waals surface area contributed by atoms with Crippen molar-refractivity contribution < 1.29 is 18.8 Å². The first-order chi connectivity index (χ1) is 17.1. The molecule has 1 atom stereocenters. The van der Waals surface area contributed by atoms with Gasteiger partial charge in [0.05, 0.1) is 36.5 Å². The number of carbonyl (C=O) groups is 1. The third kappa shape index (κ3) is 5.58. The number of carbonyl (C=O) groups excluding carboxylic acids is 1. The lowest BCUT2D eigenvalue weighted by Gasteiger charge is -2.36. The molecule has 1 aromatic heterocycles. The molecule has 2 aromatic carbocycles. The van der Waals surface area contributed by atoms with Crippen molar-refractivity contribution in [1.29, 1.82) is 0 Å². The van der Waals surface area contributed by atoms with Crippen LogP contribution >= 0.6 is 11.6 Å². The molecule has 2 aliphatic rings. The lowest BCUT2D eigenvalue weighted by molar-refractivity contribution is -0.117. The molecule has 184 valence electrons. The first kappa shape index (κ1) is 23.6. The van der Waals surface area contributed by atoms with Crippen LogP contribution in [0, 0.1) is 0 Å². The van der Waals surface area contributed by atoms with Crippen LogP contribution in [-0.4, -0.2) is 71.8 Å². The van der Waals surface area contributed by atoms with E-state index >= 15 is 0 Å². The van der Waals surface area contributed by atoms with Crippen molar-refractivity contribution in [2.45, 2.75) is 19.4 Å². The van der Waals surface area contributed by atoms with Gasteiger partial charge >= 0.3 is 0 Å². The third-order valence-electron chi connectivity index (χ3n) is 6.26. The van der Waals surface area contributed by atoms with Gasteiger partial charge in [0.15, 0.2) is 11.5 Å². The van der Waals surface area contributed by atoms with Gasteiger partial charge in [-0.25, -0.2) is 0 Å². The summed E-state index contributed by atoms with van der Waals surface area (Å²) in [5, 5.41) is 7.47. The largest absolute Gasteiger partial charge is 0.490 e. The lowest BCUT2D eigenvalue weighted by Crippen LogP contribution is -2.49. The third-order valence-corrected chi connectivity index (χ3v) is 6.58. The monoisotopic (exact) mass is 497 g/mol. The summed E-state index contributed by atoms with van der Waals surface area (Å²) in [7, 11) is 0. The molecule has 0 spiro atoms. The number of ether oxygens (including phenoxy) is 2. The number of amides is 1. The zero-order valence-corrected chi connectivity index (χ0v) is 20.3. The first-order valence-electron chi connectivity index (χ1n) is 11.8. The average molecular weight is 498 g/mol. The molecule has 1 unspecified atom stereocenters. The summed E-state index contributed by atoms with van der Waals surface area (Å²) in [4.78, 5) is 21.7. The fourth-order valence-corrected chi connectivity index (χ4v) is 4.45. The molecule has 5 rings (SSSR count). The van der Waals surface area contributed by atoms with Crippen LogP contribution in [0.25, 0.3) is 11.4 Å². The molecule has 10 heteroatoms. The van der Waals surface area contributed by atoms with Gasteiger partial charge in [-0.05, 0) is 6.92 Å². The highest BCUT2D eigenvalue weighted by atomic mass is 35.5. The Morgan fingerprint density at radius 1 is 1.09 bits per heavy atom. The SMILES string of the molecule is CC(c1nc(-c2ccccc2)no1)N1CCN(CC(=O)Nc2cc3c(cc2Cl)OCCCO3)CC1. The van der Waals surface area contributed by atoms with Crippen LogP contribution in [0.3, 0.4) is 0 Å². The Kier molecular flexibility index (Phi) is 7.17. The van der Waals surface area contributed by atoms with Gasteiger partial charge < -0.3 is 19.3 Å². The minimum Gasteiger partial charge on any atom is -0.490 e. The van der Waals surface area contributed by atoms with E-state index in [1.54, 1.807) is 12.1 Å². The van der Waals surface area contributed by atoms with Crippen LogP contribution in [-0.2, 0) is 4.79 Å². The quantitative estimate of drug-likeness (QED) is 0.548. The molecular formula is C25H28ClN5O4. The number of fused-ring (bicyclic) bond motifs is 1. The second kappa shape index (κ2) is 10.6. The molecule has 1 amide bonds. The molecule has 0 radical (unpaired) electrons. The molecule has 3 heterocycles. The maximum atomic E-state index is 12.7. The summed E-state index contributed by atoms with van der Waals surface area (Å²) in [5.41, 5.74) is 1.46. The van der Waals surface area contributed by atoms with E-state index in [9.17, 15) is 4.79 Å². The van der Waals surface area contributed by atoms with Crippen molar-refractivity contribution in [3.8, 4) is 22.9 Å². The number of hydrogen-bond donors (Lipinski definition) is 1. The summed E-state index contributed by atoms with van der Waals surface area (Å²) in [6.45, 7) is 6.60. The Morgan fingerprint density at radius 3 is 2.54 bits per heavy atom. The molecule has 0 aliphatic carbocycles. The van der Waals surface area contributed by atoms with E-state index in [2.05, 4.69) is 32.2 Å². The summed E-state index contributed by atoms with van der Waals surface area (Å²) < 4.78 is 16.9. The highest BCUT2D eigenvalue weighted by molar-refractivity contribution is 6.34. The van der Waals surface area contributed by atoms with Gasteiger partial charge in [0, 0.05) is 50.3 Å². The van der Waals surface area contributed by atoms with Crippen molar-refractivity contribution >= 4 is 23.2 Å². The van der Waals surface area contributed by atoms with E-state index in [4.69, 9.17) is 25.6 Å². The maximum absolute atomic E-state index is 12.7. The average Bonchev–Trinajstić information content (AvgIpc) is 3.26. The molecule has 1 saturated heterocycles. The zero-order chi connectivity index (χ0) is 24.2. The van der Waals surface area contributed by atoms with E-state index in [0.717, 1.165) is 38.2 Å². The van der Waals surface area contributed by atoms with Crippen LogP contribution < -0.4 is 14.8 Å². The summed E-state index contributed by atoms with van der Waals surface area (Å²) >= 11 is 6.36. The summed E-state index contributed by atoms with van der Waals surface area (Å²) in [6, 6.07) is 13.2. The molecule has 9 nitrogen and oxygen atoms in total. The van der Waals surface area contributed by atoms with Gasteiger partial charge in [-0.1, -0.05) is 47.1 Å². The highest BCUT2D eigenvalue weighted by Gasteiger charge is 2.27. The van der Waals surface area contributed by atoms with Crippen LogP contribution in [0.4, 0.5) is 5.69 Å². The smallest absolute Gasteiger partial charge is 0.244 e. The molecule has 0 saturated carbocycles. The Balaban J connectivity index is 1.13. The van der Waals surface area contributed by atoms with Gasteiger partial charge in [0.1, 0.15) is 0 Å². The summed E-state index contributed by atoms with van der Waals surface area (Å²) in [6.07, 6.45) is 0.805. The minimum atomic E-state index is -0.118. The summed E-state index contributed by atoms with van der Waals surface area (Å²) in [5.74, 6) is 2.27. The Labute approximate surface area is 208 Å². The van der Waals surface area contributed by atoms with Crippen LogP contribution in [0.2, 0.25) is 5.02 Å². The van der Waals surface area contributed by atoms with Crippen LogP contribution in [0.1, 0.15) is 25.3 Å². The fraction of sp³-hybridized carbons (Fsp3) is 0.400. The van der Waals surface area contributed by atoms with E-state index in [1.807, 2.05) is 30.3 Å². The minimum absolute atomic E-state index is 0.00320. The molecular weight excluding hydrogens is 470 g/mol. The van der Waals surface area contributed by atoms with E-state index in [1.165, 1.54) is 0 Å². The van der Waals surface area contributed by atoms with E-state index < -0.39 is 0 Å². The fourth-order valence-electron chi connectivity index (χ4n) is 4.25. The molecule has 1 fully saturated rings. The molecule has 0 bridgehead atoms. The first-order valence-corrected chi connectivity index (χ1v) is 12.2. The van der Waals surface area contributed by atoms with Crippen molar-refractivity contribution in [2.75, 3.05) is 51.3 Å². The van der Waals surface area contributed by atoms with Gasteiger partial charge in [-0.2, -0.15) is 4.98 Å². The van der Waals surface area contributed by atoms with Gasteiger partial charge in [0.2, 0.25) is 17.6 Å². The number of benzene rings is 2. The predicted molar refractivity (Wildman–Crippen MR) is 132 cm³/mol. The standard InChI is InChI=1S/C25H28ClN5O4/c1-17(25-28-24(29-35-25)18-6-3-2-4-7-18)31-10-8-30(9-11-31)16-23(32)27-20-15-22-21(14-19(20)26)33-12-5-13-34-22/h2-4,6-7,14-15,17H,5,8-13,16H2,1H3,(H,27,32). The van der Waals surface area contributed by atoms with Gasteiger partial charge in [-0.15, -0.1) is 0 Å². The Morgan fingerprint density at radius 2 is 1.80 bits per heavy atom. The molecule has 35 heavy (non-hydrogen) atoms. The second-order valence-electron chi connectivity index (χ2n) is 8.69. The number of hydrogen-bond acceptors (Lipinski definition) is 8. The van der Waals surface area contributed by atoms with E-state index in [0.29, 0.717) is 47.1 Å². The Hall–Kier alpha value is -3.14. The number of piperazine rings is 1. The van der Waals surface area contributed by atoms with Crippen LogP contribution in [0.5, 0.6) is 11.5 Å². The predicted octanol–water partition coefficient (Wildman–Crippen LogP) is 3.87. The number of nitrogens with one attached hydrogen (secondary N) is 1. The molecule has 3 aromatic rings. The number of anilines is 1. The number of nitrogens with zero attached hydrogens (tertiary/aromatic N) is 4. The number of rotatable bonds is 6. The van der Waals surface area contributed by atoms with Crippen molar-refractivity contribution in [3.63, 3.8) is 0 Å². The van der Waals surface area contributed by atoms with Gasteiger partial charge in [-0.3, -0.25) is 14.6 Å². The highest BCUT2D eigenvalue weighted by Crippen LogP contribution is 2.37. The van der Waals surface area contributed by atoms with Crippen molar-refractivity contribution in [3.05, 3.63) is 53.4 Å². The van der Waals surface area contributed by atoms with Gasteiger partial charge in [0.25, 0.3) is 0 Å². The normalized spacial score (nSPS) is 17.5. The second-order valence-corrected chi connectivity index (χ2v) is 9.09. The number of aromatic nitrogens is 2. The molecule has 2 aliphatic heterocycles. The van der Waals surface area contributed by atoms with E-state index in [-0.39, 0.29) is 18.5 Å². The molecule has 1 N–H and O–H groups in total. The van der Waals surface area contributed by atoms with Crippen LogP contribution in [0.15, 0.2) is 47.0 Å². The van der Waals surface area contributed by atoms with Crippen molar-refractivity contribution in [2.24, 2.45) is 0 Å². The lowest BCUT2D eigenvalue weighted by atomic mass is 10.2.